The molecule has 0 spiro atoms. The lowest BCUT2D eigenvalue weighted by Gasteiger charge is -2.32. The number of benzene rings is 1. The Balaban J connectivity index is 1.46. The first kappa shape index (κ1) is 20.1. The quantitative estimate of drug-likeness (QED) is 0.677. The zero-order valence-electron chi connectivity index (χ0n) is 17.4. The van der Waals surface area contributed by atoms with E-state index in [0.29, 0.717) is 26.1 Å². The van der Waals surface area contributed by atoms with Gasteiger partial charge < -0.3 is 15.2 Å². The fourth-order valence-electron chi connectivity index (χ4n) is 4.09. The summed E-state index contributed by atoms with van der Waals surface area (Å²) in [6, 6.07) is 4.62. The van der Waals surface area contributed by atoms with Crippen molar-refractivity contribution in [3.63, 3.8) is 0 Å². The van der Waals surface area contributed by atoms with E-state index in [1.165, 1.54) is 12.1 Å². The number of rotatable bonds is 5. The van der Waals surface area contributed by atoms with Gasteiger partial charge in [-0.15, -0.1) is 0 Å². The van der Waals surface area contributed by atoms with Gasteiger partial charge in [-0.1, -0.05) is 13.8 Å². The van der Waals surface area contributed by atoms with Crippen molar-refractivity contribution in [2.24, 2.45) is 13.0 Å². The van der Waals surface area contributed by atoms with E-state index in [1.54, 1.807) is 15.6 Å². The second kappa shape index (κ2) is 7.93. The van der Waals surface area contributed by atoms with Gasteiger partial charge in [0.25, 0.3) is 0 Å². The van der Waals surface area contributed by atoms with Crippen LogP contribution < -0.4 is 5.32 Å². The molecule has 4 rings (SSSR count). The molecule has 3 heterocycles. The van der Waals surface area contributed by atoms with Gasteiger partial charge in [-0.3, -0.25) is 14.3 Å². The minimum absolute atomic E-state index is 0.0307. The summed E-state index contributed by atoms with van der Waals surface area (Å²) in [7, 11) is 1.82. The summed E-state index contributed by atoms with van der Waals surface area (Å²) in [6.45, 7) is 4.94. The molecule has 0 unspecified atom stereocenters. The summed E-state index contributed by atoms with van der Waals surface area (Å²) in [5.41, 5.74) is 3.46. The van der Waals surface area contributed by atoms with Crippen LogP contribution in [0.5, 0.6) is 0 Å². The summed E-state index contributed by atoms with van der Waals surface area (Å²) in [5.74, 6) is -1.04. The maximum atomic E-state index is 13.6. The van der Waals surface area contributed by atoms with Crippen molar-refractivity contribution in [3.8, 4) is 0 Å². The van der Waals surface area contributed by atoms with Crippen molar-refractivity contribution in [1.82, 2.24) is 25.0 Å². The van der Waals surface area contributed by atoms with Crippen molar-refractivity contribution >= 4 is 22.7 Å². The first-order chi connectivity index (χ1) is 14.3. The van der Waals surface area contributed by atoms with Gasteiger partial charge in [0.1, 0.15) is 5.82 Å². The first-order valence-electron chi connectivity index (χ1n) is 10.2. The number of hydrogen-bond donors (Lipinski definition) is 2. The topological polar surface area (TPSA) is 83.0 Å². The molecule has 0 saturated heterocycles. The monoisotopic (exact) mass is 411 g/mol. The number of fused-ring (bicyclic) bond motifs is 2. The Bertz CT molecular complexity index is 1100. The third kappa shape index (κ3) is 3.81. The highest BCUT2D eigenvalue weighted by molar-refractivity contribution is 5.86. The van der Waals surface area contributed by atoms with Gasteiger partial charge in [0, 0.05) is 61.5 Å². The Morgan fingerprint density at radius 3 is 2.93 bits per heavy atom. The Kier molecular flexibility index (Phi) is 5.32. The van der Waals surface area contributed by atoms with Crippen LogP contribution in [0.25, 0.3) is 10.9 Å². The molecule has 0 fully saturated rings. The van der Waals surface area contributed by atoms with Gasteiger partial charge in [-0.2, -0.15) is 5.10 Å². The maximum Gasteiger partial charge on any atom is 0.231 e. The van der Waals surface area contributed by atoms with Crippen LogP contribution in [-0.4, -0.2) is 44.6 Å². The molecule has 0 radical (unpaired) electrons. The molecule has 158 valence electrons. The number of aryl methyl sites for hydroxylation is 1. The third-order valence-corrected chi connectivity index (χ3v) is 5.58. The van der Waals surface area contributed by atoms with Crippen LogP contribution in [0.15, 0.2) is 30.6 Å². The van der Waals surface area contributed by atoms with E-state index in [0.717, 1.165) is 27.7 Å². The average molecular weight is 411 g/mol. The molecular weight excluding hydrogens is 385 g/mol. The molecule has 1 aliphatic heterocycles. The van der Waals surface area contributed by atoms with E-state index >= 15 is 0 Å². The van der Waals surface area contributed by atoms with Crippen molar-refractivity contribution in [3.05, 3.63) is 53.2 Å². The van der Waals surface area contributed by atoms with Crippen molar-refractivity contribution in [1.29, 1.82) is 0 Å². The summed E-state index contributed by atoms with van der Waals surface area (Å²) < 4.78 is 15.3. The van der Waals surface area contributed by atoms with E-state index in [4.69, 9.17) is 0 Å². The lowest BCUT2D eigenvalue weighted by molar-refractivity contribution is -0.136. The number of nitrogens with one attached hydrogen (secondary N) is 2. The summed E-state index contributed by atoms with van der Waals surface area (Å²) in [4.78, 5) is 30.4. The summed E-state index contributed by atoms with van der Waals surface area (Å²) >= 11 is 0. The molecule has 1 aromatic carbocycles. The fourth-order valence-corrected chi connectivity index (χ4v) is 4.09. The van der Waals surface area contributed by atoms with Crippen LogP contribution >= 0.6 is 0 Å². The van der Waals surface area contributed by atoms with E-state index in [1.807, 2.05) is 33.3 Å². The van der Waals surface area contributed by atoms with Crippen molar-refractivity contribution < 1.29 is 14.0 Å². The number of carbonyl (C=O) groups is 2. The Labute approximate surface area is 174 Å². The molecule has 0 aliphatic carbocycles. The maximum absolute atomic E-state index is 13.6. The van der Waals surface area contributed by atoms with E-state index < -0.39 is 5.92 Å². The second-order valence-corrected chi connectivity index (χ2v) is 8.18. The Morgan fingerprint density at radius 1 is 1.37 bits per heavy atom. The normalized spacial score (nSPS) is 16.2. The number of amides is 2. The zero-order chi connectivity index (χ0) is 21.4. The lowest BCUT2D eigenvalue weighted by atomic mass is 9.94. The van der Waals surface area contributed by atoms with Crippen LogP contribution in [0, 0.1) is 11.7 Å². The highest BCUT2D eigenvalue weighted by atomic mass is 19.1. The molecule has 8 heteroatoms. The number of aromatic nitrogens is 3. The van der Waals surface area contributed by atoms with E-state index in [-0.39, 0.29) is 23.5 Å². The summed E-state index contributed by atoms with van der Waals surface area (Å²) in [6.07, 6.45) is 4.29. The molecule has 7 nitrogen and oxygen atoms in total. The molecule has 0 saturated carbocycles. The molecule has 2 aromatic heterocycles. The largest absolute Gasteiger partial charge is 0.361 e. The van der Waals surface area contributed by atoms with Crippen LogP contribution in [-0.2, 0) is 29.6 Å². The average Bonchev–Trinajstić information content (AvgIpc) is 3.28. The predicted molar refractivity (Wildman–Crippen MR) is 111 cm³/mol. The van der Waals surface area contributed by atoms with Crippen LogP contribution in [0.3, 0.4) is 0 Å². The third-order valence-electron chi connectivity index (χ3n) is 5.58. The van der Waals surface area contributed by atoms with Gasteiger partial charge in [0.2, 0.25) is 11.8 Å². The molecule has 30 heavy (non-hydrogen) atoms. The highest BCUT2D eigenvalue weighted by Gasteiger charge is 2.35. The molecule has 1 aliphatic rings. The van der Waals surface area contributed by atoms with Crippen molar-refractivity contribution in [2.45, 2.75) is 32.7 Å². The minimum atomic E-state index is -0.502. The van der Waals surface area contributed by atoms with E-state index in [2.05, 4.69) is 15.4 Å². The van der Waals surface area contributed by atoms with Crippen LogP contribution in [0.2, 0.25) is 0 Å². The Hall–Kier alpha value is -3.16. The number of carbonyl (C=O) groups excluding carboxylic acids is 2. The van der Waals surface area contributed by atoms with Crippen LogP contribution in [0.4, 0.5) is 4.39 Å². The molecule has 1 atom stereocenters. The molecule has 3 aromatic rings. The first-order valence-corrected chi connectivity index (χ1v) is 10.2. The standard InChI is InChI=1S/C22H26FN5O2/c1-13(2)22(30)28-11-15-10-27(3)26-20(15)18(12-28)21(29)24-7-6-14-9-25-19-5-4-16(23)8-17(14)19/h4-5,8-10,13,18,25H,6-7,11-12H2,1-3H3,(H,24,29)/t18-/m0/s1. The van der Waals surface area contributed by atoms with Gasteiger partial charge in [0.15, 0.2) is 0 Å². The van der Waals surface area contributed by atoms with Crippen LogP contribution in [0.1, 0.15) is 36.6 Å². The SMILES string of the molecule is CC(C)C(=O)N1Cc2cn(C)nc2[C@@H](C(=O)NCCc2c[nH]c3ccc(F)cc23)C1. The van der Waals surface area contributed by atoms with Crippen molar-refractivity contribution in [2.75, 3.05) is 13.1 Å². The summed E-state index contributed by atoms with van der Waals surface area (Å²) in [5, 5.41) is 8.27. The number of halogens is 1. The Morgan fingerprint density at radius 2 is 2.17 bits per heavy atom. The predicted octanol–water partition coefficient (Wildman–Crippen LogP) is 2.48. The van der Waals surface area contributed by atoms with Gasteiger partial charge in [-0.25, -0.2) is 4.39 Å². The molecular formula is C22H26FN5O2. The van der Waals surface area contributed by atoms with Gasteiger partial charge in [0.05, 0.1) is 11.6 Å². The van der Waals surface area contributed by atoms with E-state index in [9.17, 15) is 14.0 Å². The fraction of sp³-hybridized carbons (Fsp3) is 0.409. The molecule has 0 bridgehead atoms. The number of nitrogens with zero attached hydrogens (tertiary/aromatic N) is 3. The molecule has 2 amide bonds. The van der Waals surface area contributed by atoms with Gasteiger partial charge in [-0.05, 0) is 30.2 Å². The number of aromatic amines is 1. The highest BCUT2D eigenvalue weighted by Crippen LogP contribution is 2.28. The van der Waals surface area contributed by atoms with Gasteiger partial charge >= 0.3 is 0 Å². The number of H-pyrrole nitrogens is 1. The smallest absolute Gasteiger partial charge is 0.231 e. The lowest BCUT2D eigenvalue weighted by Crippen LogP contribution is -2.45. The molecule has 2 N–H and O–H groups in total. The zero-order valence-corrected chi connectivity index (χ0v) is 17.4. The second-order valence-electron chi connectivity index (χ2n) is 8.18. The minimum Gasteiger partial charge on any atom is -0.361 e. The number of hydrogen-bond acceptors (Lipinski definition) is 3.